The Balaban J connectivity index is 2.28. The molecule has 6 heteroatoms. The van der Waals surface area contributed by atoms with Crippen LogP contribution in [0.3, 0.4) is 0 Å². The summed E-state index contributed by atoms with van der Waals surface area (Å²) in [6.07, 6.45) is 0. The lowest BCUT2D eigenvalue weighted by atomic mass is 10.1. The van der Waals surface area contributed by atoms with E-state index in [1.54, 1.807) is 0 Å². The van der Waals surface area contributed by atoms with Crippen molar-refractivity contribution in [3.05, 3.63) is 52.8 Å². The summed E-state index contributed by atoms with van der Waals surface area (Å²) in [4.78, 5) is 11.8. The van der Waals surface area contributed by atoms with Crippen LogP contribution in [-0.4, -0.2) is 16.1 Å². The first-order chi connectivity index (χ1) is 8.99. The van der Waals surface area contributed by atoms with Crippen LogP contribution < -0.4 is 5.32 Å². The van der Waals surface area contributed by atoms with Crippen LogP contribution in [0.2, 0.25) is 5.02 Å². The number of phenols is 2. The number of rotatable bonds is 2. The lowest BCUT2D eigenvalue weighted by molar-refractivity contribution is 0.102. The van der Waals surface area contributed by atoms with Gasteiger partial charge < -0.3 is 15.5 Å². The highest BCUT2D eigenvalue weighted by atomic mass is 35.5. The van der Waals surface area contributed by atoms with Crippen molar-refractivity contribution in [1.29, 1.82) is 0 Å². The molecule has 0 unspecified atom stereocenters. The standard InChI is InChI=1S/C13H9ClFNO3/c14-8-5-4-7(6-11(8)18)16-13(19)12-9(15)2-1-3-10(12)17/h1-6,17-18H,(H,16,19). The summed E-state index contributed by atoms with van der Waals surface area (Å²) in [6.45, 7) is 0. The summed E-state index contributed by atoms with van der Waals surface area (Å²) in [5, 5.41) is 21.3. The molecule has 0 saturated heterocycles. The first kappa shape index (κ1) is 13.2. The number of halogens is 2. The third-order valence-corrected chi connectivity index (χ3v) is 2.74. The molecule has 0 aromatic heterocycles. The summed E-state index contributed by atoms with van der Waals surface area (Å²) in [5.74, 6) is -2.33. The van der Waals surface area contributed by atoms with E-state index in [2.05, 4.69) is 5.32 Å². The SMILES string of the molecule is O=C(Nc1ccc(Cl)c(O)c1)c1c(O)cccc1F. The number of phenolic OH excluding ortho intramolecular Hbond substituents is 2. The predicted molar refractivity (Wildman–Crippen MR) is 69.1 cm³/mol. The maximum Gasteiger partial charge on any atom is 0.262 e. The quantitative estimate of drug-likeness (QED) is 0.792. The number of nitrogens with one attached hydrogen (secondary N) is 1. The van der Waals surface area contributed by atoms with Crippen molar-refractivity contribution in [2.45, 2.75) is 0 Å². The number of anilines is 1. The van der Waals surface area contributed by atoms with Crippen molar-refractivity contribution in [1.82, 2.24) is 0 Å². The topological polar surface area (TPSA) is 69.6 Å². The third kappa shape index (κ3) is 2.77. The van der Waals surface area contributed by atoms with Gasteiger partial charge in [0.15, 0.2) is 0 Å². The van der Waals surface area contributed by atoms with Gasteiger partial charge in [-0.05, 0) is 24.3 Å². The van der Waals surface area contributed by atoms with E-state index in [-0.39, 0.29) is 16.5 Å². The maximum absolute atomic E-state index is 13.5. The molecule has 19 heavy (non-hydrogen) atoms. The Hall–Kier alpha value is -2.27. The molecule has 2 rings (SSSR count). The van der Waals surface area contributed by atoms with E-state index in [0.29, 0.717) is 0 Å². The number of carbonyl (C=O) groups excluding carboxylic acids is 1. The molecule has 0 bridgehead atoms. The van der Waals surface area contributed by atoms with Crippen LogP contribution in [0.25, 0.3) is 0 Å². The number of hydrogen-bond acceptors (Lipinski definition) is 3. The van der Waals surface area contributed by atoms with E-state index in [4.69, 9.17) is 11.6 Å². The van der Waals surface area contributed by atoms with Crippen molar-refractivity contribution in [2.75, 3.05) is 5.32 Å². The molecule has 0 aliphatic carbocycles. The van der Waals surface area contributed by atoms with Gasteiger partial charge in [-0.3, -0.25) is 4.79 Å². The van der Waals surface area contributed by atoms with Gasteiger partial charge in [-0.2, -0.15) is 0 Å². The van der Waals surface area contributed by atoms with E-state index < -0.39 is 23.0 Å². The minimum atomic E-state index is -0.837. The summed E-state index contributed by atoms with van der Waals surface area (Å²) in [6, 6.07) is 7.60. The average Bonchev–Trinajstić information content (AvgIpc) is 2.33. The molecule has 2 aromatic rings. The number of carbonyl (C=O) groups is 1. The summed E-state index contributed by atoms with van der Waals surface area (Å²) in [5.41, 5.74) is -0.230. The molecule has 2 aromatic carbocycles. The van der Waals surface area contributed by atoms with Crippen LogP contribution in [0.1, 0.15) is 10.4 Å². The minimum Gasteiger partial charge on any atom is -0.507 e. The van der Waals surface area contributed by atoms with Gasteiger partial charge in [0.25, 0.3) is 5.91 Å². The molecule has 4 nitrogen and oxygen atoms in total. The Morgan fingerprint density at radius 3 is 2.53 bits per heavy atom. The lowest BCUT2D eigenvalue weighted by Gasteiger charge is -2.08. The Morgan fingerprint density at radius 1 is 1.16 bits per heavy atom. The van der Waals surface area contributed by atoms with Gasteiger partial charge in [-0.1, -0.05) is 17.7 Å². The van der Waals surface area contributed by atoms with Crippen LogP contribution in [-0.2, 0) is 0 Å². The molecule has 0 fully saturated rings. The normalized spacial score (nSPS) is 10.2. The molecule has 0 atom stereocenters. The average molecular weight is 282 g/mol. The van der Waals surface area contributed by atoms with Crippen LogP contribution in [0.5, 0.6) is 11.5 Å². The van der Waals surface area contributed by atoms with E-state index in [9.17, 15) is 19.4 Å². The zero-order chi connectivity index (χ0) is 14.0. The van der Waals surface area contributed by atoms with E-state index in [1.165, 1.54) is 30.3 Å². The molecule has 0 heterocycles. The molecule has 0 aliphatic heterocycles. The second kappa shape index (κ2) is 5.16. The second-order valence-electron chi connectivity index (χ2n) is 3.75. The molecule has 0 radical (unpaired) electrons. The molecule has 0 aliphatic rings. The molecule has 0 saturated carbocycles. The van der Waals surface area contributed by atoms with Crippen molar-refractivity contribution >= 4 is 23.2 Å². The highest BCUT2D eigenvalue weighted by molar-refractivity contribution is 6.32. The highest BCUT2D eigenvalue weighted by Gasteiger charge is 2.16. The molecule has 3 N–H and O–H groups in total. The van der Waals surface area contributed by atoms with Gasteiger partial charge in [0.2, 0.25) is 0 Å². The van der Waals surface area contributed by atoms with Gasteiger partial charge in [0.1, 0.15) is 22.9 Å². The summed E-state index contributed by atoms with van der Waals surface area (Å²) in [7, 11) is 0. The molecular weight excluding hydrogens is 273 g/mol. The van der Waals surface area contributed by atoms with Gasteiger partial charge in [0.05, 0.1) is 5.02 Å². The fourth-order valence-corrected chi connectivity index (χ4v) is 1.64. The molecule has 1 amide bonds. The Labute approximate surface area is 113 Å². The van der Waals surface area contributed by atoms with Gasteiger partial charge in [0, 0.05) is 11.8 Å². The number of benzene rings is 2. The van der Waals surface area contributed by atoms with Gasteiger partial charge in [-0.15, -0.1) is 0 Å². The van der Waals surface area contributed by atoms with Crippen LogP contribution in [0.15, 0.2) is 36.4 Å². The number of amides is 1. The molecular formula is C13H9ClFNO3. The summed E-state index contributed by atoms with van der Waals surface area (Å²) < 4.78 is 13.5. The molecule has 0 spiro atoms. The first-order valence-corrected chi connectivity index (χ1v) is 5.64. The Morgan fingerprint density at radius 2 is 1.89 bits per heavy atom. The second-order valence-corrected chi connectivity index (χ2v) is 4.16. The van der Waals surface area contributed by atoms with Crippen molar-refractivity contribution < 1.29 is 19.4 Å². The smallest absolute Gasteiger partial charge is 0.262 e. The predicted octanol–water partition coefficient (Wildman–Crippen LogP) is 3.14. The Bertz CT molecular complexity index is 626. The van der Waals surface area contributed by atoms with Gasteiger partial charge >= 0.3 is 0 Å². The van der Waals surface area contributed by atoms with E-state index in [0.717, 1.165) is 6.07 Å². The van der Waals surface area contributed by atoms with Crippen LogP contribution in [0.4, 0.5) is 10.1 Å². The largest absolute Gasteiger partial charge is 0.507 e. The zero-order valence-corrected chi connectivity index (χ0v) is 10.3. The number of hydrogen-bond donors (Lipinski definition) is 3. The maximum atomic E-state index is 13.5. The van der Waals surface area contributed by atoms with E-state index >= 15 is 0 Å². The molecule has 98 valence electrons. The fourth-order valence-electron chi connectivity index (χ4n) is 1.52. The third-order valence-electron chi connectivity index (χ3n) is 2.42. The highest BCUT2D eigenvalue weighted by Crippen LogP contribution is 2.27. The van der Waals surface area contributed by atoms with Crippen molar-refractivity contribution in [3.63, 3.8) is 0 Å². The van der Waals surface area contributed by atoms with Gasteiger partial charge in [-0.25, -0.2) is 4.39 Å². The van der Waals surface area contributed by atoms with Crippen LogP contribution >= 0.6 is 11.6 Å². The summed E-state index contributed by atoms with van der Waals surface area (Å²) >= 11 is 5.62. The first-order valence-electron chi connectivity index (χ1n) is 5.26. The fraction of sp³-hybridized carbons (Fsp3) is 0. The van der Waals surface area contributed by atoms with Crippen molar-refractivity contribution in [2.24, 2.45) is 0 Å². The lowest BCUT2D eigenvalue weighted by Crippen LogP contribution is -2.13. The zero-order valence-electron chi connectivity index (χ0n) is 9.52. The Kier molecular flexibility index (Phi) is 3.57. The monoisotopic (exact) mass is 281 g/mol. The van der Waals surface area contributed by atoms with E-state index in [1.807, 2.05) is 0 Å². The minimum absolute atomic E-state index is 0.131. The van der Waals surface area contributed by atoms with Crippen molar-refractivity contribution in [3.8, 4) is 11.5 Å². The van der Waals surface area contributed by atoms with Crippen LogP contribution in [0, 0.1) is 5.82 Å². The number of aromatic hydroxyl groups is 2.